The third-order valence-electron chi connectivity index (χ3n) is 18.3. The Morgan fingerprint density at radius 2 is 0.699 bits per heavy atom. The number of primary amides is 5. The molecule has 5 amide bonds. The summed E-state index contributed by atoms with van der Waals surface area (Å²) in [4.78, 5) is 101. The Hall–Kier alpha value is -17.1. The van der Waals surface area contributed by atoms with E-state index in [2.05, 4.69) is 92.4 Å². The molecule has 0 saturated carbocycles. The minimum absolute atomic E-state index is 0.0200. The summed E-state index contributed by atoms with van der Waals surface area (Å²) in [5.41, 5.74) is 36.9. The summed E-state index contributed by atoms with van der Waals surface area (Å²) < 4.78 is 143. The van der Waals surface area contributed by atoms with E-state index in [1.807, 2.05) is 84.0 Å². The summed E-state index contributed by atoms with van der Waals surface area (Å²) in [6.07, 6.45) is 11.1. The van der Waals surface area contributed by atoms with Gasteiger partial charge in [0.1, 0.15) is 42.6 Å². The van der Waals surface area contributed by atoms with Crippen molar-refractivity contribution in [2.75, 3.05) is 7.11 Å². The second kappa shape index (κ2) is 42.2. The highest BCUT2D eigenvalue weighted by molar-refractivity contribution is 6.34. The van der Waals surface area contributed by atoms with Gasteiger partial charge in [-0.3, -0.25) is 29.0 Å². The topological polar surface area (TPSA) is 456 Å². The van der Waals surface area contributed by atoms with Crippen LogP contribution in [0.5, 0.6) is 5.88 Å². The van der Waals surface area contributed by atoms with Crippen molar-refractivity contribution in [1.82, 2.24) is 104 Å². The van der Waals surface area contributed by atoms with Crippen molar-refractivity contribution in [2.45, 2.75) is 67.7 Å². The zero-order chi connectivity index (χ0) is 96.4. The van der Waals surface area contributed by atoms with E-state index in [-0.39, 0.29) is 72.5 Å². The standard InChI is InChI=1S/C19H16F3N5O2.C18H16ClN5O.C18H13F4N5O.C18H15F2N5O.C17H15FN6O/c1-11-5-13(7-14(6-11)19(20,21)22)18-25-10-27(26-18)9-15(17(23)28)12-3-4-16(29-2)24-8-12;1-11-6-12(2)8-13(7-11)18-22-10-24(23-18)9-15(17(20)25)14-4-3-5-21-16(14)19;1-10-2-11(4-13(3-10)18(20,21)22)17-25-9-27(26-17)8-15(16(23)28)12-5-14(19)7-24-6-12;1-10-5-11(2)7-12(6-10)18-22-9-25(24-18)8-14(17(21)26)13-3-4-15(19)23-16(13)20;1-10-3-11(2)5-12(4-10)16-22-9-24(23-16)8-14(15(19)25)13-6-20-17(18)21-7-13/h3-10H,1-2H3,(H2,23,28);3-10H,1-2H3,(H2,20,25);2-9H,1H3,(H2,23,28);3-9H,1-2H3,(H2,21,26);3-9H,1-2H3,(H2,19,25)/b2*15-9+;15-8+;2*14-8+. The minimum atomic E-state index is -4.51. The molecule has 678 valence electrons. The van der Waals surface area contributed by atoms with Gasteiger partial charge < -0.3 is 33.4 Å². The molecule has 0 radical (unpaired) electrons. The molecule has 5 aromatic carbocycles. The van der Waals surface area contributed by atoms with Crippen LogP contribution in [0.3, 0.4) is 0 Å². The summed E-state index contributed by atoms with van der Waals surface area (Å²) in [5, 5.41) is 21.4. The summed E-state index contributed by atoms with van der Waals surface area (Å²) in [6.45, 7) is 15.0. The van der Waals surface area contributed by atoms with Crippen molar-refractivity contribution in [3.8, 4) is 62.8 Å². The number of halogens is 11. The van der Waals surface area contributed by atoms with Crippen LogP contribution in [0.2, 0.25) is 5.15 Å². The molecule has 0 unspecified atom stereocenters. The quantitative estimate of drug-likeness (QED) is 0.0193. The highest BCUT2D eigenvalue weighted by Crippen LogP contribution is 2.36. The van der Waals surface area contributed by atoms with Gasteiger partial charge in [0.2, 0.25) is 17.8 Å². The SMILES string of the molecule is COc1ccc(/C(=C\n2cnc(-c3cc(C)cc(C(F)(F)F)c3)n2)C(N)=O)cn1.Cc1cc(-c2ncn(/C=C(/C(N)=O)c3cncc(F)c3)n2)cc(C(F)(F)F)c1.Cc1cc(C)cc(-c2ncn(/C=C(/C(N)=O)c3ccc(F)nc3F)n2)c1.Cc1cc(C)cc(-c2ncn(/C=C(/C(N)=O)c3cccnc3Cl)n2)c1.Cc1cc(C)cc(-c2ncn(/C=C(/C(N)=O)c3cnc(F)nc3)n2)c1. The number of amides is 5. The molecule has 43 heteroatoms. The molecule has 0 bridgehead atoms. The first kappa shape index (κ1) is 96.6. The van der Waals surface area contributed by atoms with Crippen LogP contribution in [-0.4, -0.2) is 140 Å². The molecule has 0 aliphatic carbocycles. The molecule has 15 aromatic rings. The molecule has 0 aliphatic rings. The van der Waals surface area contributed by atoms with Crippen molar-refractivity contribution >= 4 is 100 Å². The van der Waals surface area contributed by atoms with Gasteiger partial charge in [-0.25, -0.2) is 72.7 Å². The summed E-state index contributed by atoms with van der Waals surface area (Å²) in [6, 6.07) is 34.6. The summed E-state index contributed by atoms with van der Waals surface area (Å²) in [5.74, 6) is -4.65. The van der Waals surface area contributed by atoms with E-state index in [1.54, 1.807) is 37.3 Å². The van der Waals surface area contributed by atoms with Crippen molar-refractivity contribution < 1.29 is 72.6 Å². The number of nitrogens with two attached hydrogens (primary N) is 5. The number of methoxy groups -OCH3 is 1. The zero-order valence-electron chi connectivity index (χ0n) is 71.3. The van der Waals surface area contributed by atoms with Gasteiger partial charge >= 0.3 is 18.4 Å². The van der Waals surface area contributed by atoms with Gasteiger partial charge in [-0.2, -0.15) is 44.5 Å². The molecule has 0 atom stereocenters. The maximum atomic E-state index is 13.9. The third kappa shape index (κ3) is 26.3. The average Bonchev–Trinajstić information content (AvgIpc) is 1.76. The first-order valence-electron chi connectivity index (χ1n) is 38.8. The van der Waals surface area contributed by atoms with Crippen LogP contribution < -0.4 is 33.4 Å². The normalized spacial score (nSPS) is 11.8. The van der Waals surface area contributed by atoms with E-state index in [1.165, 1.54) is 132 Å². The summed E-state index contributed by atoms with van der Waals surface area (Å²) >= 11 is 6.06. The number of alkyl halides is 6. The van der Waals surface area contributed by atoms with Crippen molar-refractivity contribution in [3.63, 3.8) is 0 Å². The number of hydrogen-bond acceptors (Lipinski definition) is 22. The highest BCUT2D eigenvalue weighted by atomic mass is 35.5. The van der Waals surface area contributed by atoms with Gasteiger partial charge in [-0.15, -0.1) is 25.5 Å². The lowest BCUT2D eigenvalue weighted by atomic mass is 10.1. The van der Waals surface area contributed by atoms with Crippen LogP contribution in [0.15, 0.2) is 202 Å². The minimum Gasteiger partial charge on any atom is -0.481 e. The van der Waals surface area contributed by atoms with Crippen LogP contribution in [0.1, 0.15) is 83.5 Å². The number of hydrogen-bond donors (Lipinski definition) is 5. The molecule has 15 rings (SSSR count). The fourth-order valence-electron chi connectivity index (χ4n) is 12.7. The van der Waals surface area contributed by atoms with Crippen molar-refractivity contribution in [2.24, 2.45) is 28.7 Å². The van der Waals surface area contributed by atoms with E-state index in [4.69, 9.17) is 45.0 Å². The Labute approximate surface area is 753 Å². The predicted octanol–water partition coefficient (Wildman–Crippen LogP) is 14.2. The Kier molecular flexibility index (Phi) is 30.7. The average molecular weight is 1840 g/mol. The Bertz CT molecular complexity index is 6980. The van der Waals surface area contributed by atoms with E-state index in [0.29, 0.717) is 45.6 Å². The first-order valence-corrected chi connectivity index (χ1v) is 39.2. The second-order valence-corrected chi connectivity index (χ2v) is 29.5. The second-order valence-electron chi connectivity index (χ2n) is 29.1. The number of rotatable bonds is 21. The van der Waals surface area contributed by atoms with Crippen molar-refractivity contribution in [1.29, 1.82) is 0 Å². The predicted molar refractivity (Wildman–Crippen MR) is 472 cm³/mol. The fourth-order valence-corrected chi connectivity index (χ4v) is 12.9. The maximum Gasteiger partial charge on any atom is 0.416 e. The highest BCUT2D eigenvalue weighted by Gasteiger charge is 2.33. The molecule has 0 fully saturated rings. The molecule has 0 spiro atoms. The van der Waals surface area contributed by atoms with Gasteiger partial charge in [0.05, 0.1) is 52.3 Å². The first-order chi connectivity index (χ1) is 63.0. The molecule has 0 aliphatic heterocycles. The van der Waals surface area contributed by atoms with Gasteiger partial charge in [-0.1, -0.05) is 63.2 Å². The van der Waals surface area contributed by atoms with Gasteiger partial charge in [0.25, 0.3) is 29.5 Å². The number of pyridine rings is 4. The lowest BCUT2D eigenvalue weighted by Gasteiger charge is -2.09. The molecule has 10 aromatic heterocycles. The van der Waals surface area contributed by atoms with Crippen LogP contribution in [0.25, 0.3) is 116 Å². The summed E-state index contributed by atoms with van der Waals surface area (Å²) in [7, 11) is 1.46. The molecule has 133 heavy (non-hydrogen) atoms. The number of aromatic nitrogens is 21. The van der Waals surface area contributed by atoms with Crippen LogP contribution in [0, 0.1) is 79.2 Å². The van der Waals surface area contributed by atoms with Gasteiger partial charge in [-0.05, 0) is 176 Å². The Morgan fingerprint density at radius 3 is 1.03 bits per heavy atom. The number of carbonyl (C=O) groups excluding carboxylic acids is 5. The number of carbonyl (C=O) groups is 5. The molecule has 10 heterocycles. The Balaban J connectivity index is 0.000000160. The van der Waals surface area contributed by atoms with Crippen LogP contribution >= 0.6 is 11.6 Å². The van der Waals surface area contributed by atoms with E-state index in [0.717, 1.165) is 103 Å². The smallest absolute Gasteiger partial charge is 0.416 e. The lowest BCUT2D eigenvalue weighted by Crippen LogP contribution is -2.15. The van der Waals surface area contributed by atoms with Crippen LogP contribution in [-0.2, 0) is 36.3 Å². The number of nitrogens with zero attached hydrogens (tertiary/aromatic N) is 21. The van der Waals surface area contributed by atoms with Crippen LogP contribution in [0.4, 0.5) is 43.9 Å². The lowest BCUT2D eigenvalue weighted by molar-refractivity contribution is -0.138. The molecule has 0 saturated heterocycles. The zero-order valence-corrected chi connectivity index (χ0v) is 72.1. The fraction of sp³-hybridized carbons (Fsp3) is 0.122. The molecule has 10 N–H and O–H groups in total. The number of ether oxygens (including phenoxy) is 1. The number of aryl methyl sites for hydroxylation is 8. The molecule has 32 nitrogen and oxygen atoms in total. The Morgan fingerprint density at radius 1 is 0.361 bits per heavy atom. The maximum absolute atomic E-state index is 13.9. The molecular formula is C90H75ClF10N26O6. The number of benzene rings is 5. The van der Waals surface area contributed by atoms with E-state index in [9.17, 15) is 67.9 Å². The third-order valence-corrected chi connectivity index (χ3v) is 18.6. The molecular weight excluding hydrogens is 1770 g/mol. The monoisotopic (exact) mass is 1840 g/mol. The van der Waals surface area contributed by atoms with E-state index < -0.39 is 76.8 Å². The van der Waals surface area contributed by atoms with Gasteiger partial charge in [0.15, 0.2) is 29.1 Å². The largest absolute Gasteiger partial charge is 0.481 e. The van der Waals surface area contributed by atoms with E-state index >= 15 is 0 Å². The van der Waals surface area contributed by atoms with Gasteiger partial charge in [0, 0.05) is 124 Å². The van der Waals surface area contributed by atoms with Crippen molar-refractivity contribution in [3.05, 3.63) is 315 Å².